The van der Waals surface area contributed by atoms with Crippen LogP contribution in [0.1, 0.15) is 65.9 Å². The summed E-state index contributed by atoms with van der Waals surface area (Å²) >= 11 is 6.41. The van der Waals surface area contributed by atoms with Crippen LogP contribution in [0.15, 0.2) is 60.0 Å². The fourth-order valence-electron chi connectivity index (χ4n) is 4.73. The van der Waals surface area contributed by atoms with E-state index in [1.807, 2.05) is 0 Å². The maximum Gasteiger partial charge on any atom is 0.407 e. The van der Waals surface area contributed by atoms with Crippen molar-refractivity contribution in [2.45, 2.75) is 50.3 Å². The van der Waals surface area contributed by atoms with Crippen molar-refractivity contribution in [2.24, 2.45) is 10.7 Å². The SMILES string of the molecule is CN=C(N)N(C(=O)c1ccc(-c2cnn(C3CC3)n2)cc1)[C@H](CNC(=O)OC1CC1)c1ccc(Cl)c(-n2ncnc2C(F)F)c1. The van der Waals surface area contributed by atoms with Gasteiger partial charge in [-0.1, -0.05) is 29.8 Å². The number of aromatic nitrogens is 6. The number of nitrogens with one attached hydrogen (secondary N) is 1. The first kappa shape index (κ1) is 30.1. The monoisotopic (exact) mass is 638 g/mol. The average Bonchev–Trinajstić information content (AvgIpc) is 3.95. The Morgan fingerprint density at radius 3 is 2.58 bits per heavy atom. The molecular weight excluding hydrogens is 610 g/mol. The summed E-state index contributed by atoms with van der Waals surface area (Å²) in [6.45, 7) is -0.157. The Hall–Kier alpha value is -4.92. The second kappa shape index (κ2) is 12.6. The predicted molar refractivity (Wildman–Crippen MR) is 159 cm³/mol. The Kier molecular flexibility index (Phi) is 8.43. The summed E-state index contributed by atoms with van der Waals surface area (Å²) in [5.74, 6) is -1.29. The second-order valence-corrected chi connectivity index (χ2v) is 11.1. The summed E-state index contributed by atoms with van der Waals surface area (Å²) in [7, 11) is 1.42. The van der Waals surface area contributed by atoms with Crippen LogP contribution in [0.25, 0.3) is 16.9 Å². The van der Waals surface area contributed by atoms with Crippen molar-refractivity contribution < 1.29 is 23.1 Å². The molecule has 0 bridgehead atoms. The van der Waals surface area contributed by atoms with Gasteiger partial charge in [0.25, 0.3) is 12.3 Å². The molecule has 0 aliphatic heterocycles. The number of hydrogen-bond donors (Lipinski definition) is 2. The molecule has 0 unspecified atom stereocenters. The lowest BCUT2D eigenvalue weighted by Gasteiger charge is -2.32. The number of alkyl carbamates (subject to hydrolysis) is 1. The molecule has 13 nitrogen and oxygen atoms in total. The van der Waals surface area contributed by atoms with Crippen LogP contribution < -0.4 is 11.1 Å². The largest absolute Gasteiger partial charge is 0.446 e. The molecule has 2 aromatic heterocycles. The Morgan fingerprint density at radius 2 is 1.91 bits per heavy atom. The van der Waals surface area contributed by atoms with E-state index in [-0.39, 0.29) is 34.9 Å². The van der Waals surface area contributed by atoms with Crippen LogP contribution in [0.3, 0.4) is 0 Å². The first-order chi connectivity index (χ1) is 21.7. The number of hydrogen-bond acceptors (Lipinski definition) is 8. The molecule has 2 fully saturated rings. The van der Waals surface area contributed by atoms with Gasteiger partial charge in [-0.25, -0.2) is 23.2 Å². The molecule has 2 aliphatic rings. The molecule has 16 heteroatoms. The van der Waals surface area contributed by atoms with E-state index in [0.717, 1.165) is 42.3 Å². The van der Waals surface area contributed by atoms with E-state index in [9.17, 15) is 18.4 Å². The molecule has 45 heavy (non-hydrogen) atoms. The van der Waals surface area contributed by atoms with Crippen LogP contribution in [0.5, 0.6) is 0 Å². The lowest BCUT2D eigenvalue weighted by molar-refractivity contribution is 0.0791. The highest BCUT2D eigenvalue weighted by Gasteiger charge is 2.32. The van der Waals surface area contributed by atoms with Crippen molar-refractivity contribution in [3.8, 4) is 16.9 Å². The van der Waals surface area contributed by atoms with Crippen molar-refractivity contribution in [3.63, 3.8) is 0 Å². The van der Waals surface area contributed by atoms with Crippen molar-refractivity contribution in [3.05, 3.63) is 77.0 Å². The molecule has 2 saturated carbocycles. The second-order valence-electron chi connectivity index (χ2n) is 10.7. The van der Waals surface area contributed by atoms with Gasteiger partial charge in [0.2, 0.25) is 0 Å². The highest BCUT2D eigenvalue weighted by Crippen LogP contribution is 2.34. The van der Waals surface area contributed by atoms with Crippen LogP contribution >= 0.6 is 11.6 Å². The zero-order valence-electron chi connectivity index (χ0n) is 24.1. The number of guanidine groups is 1. The zero-order valence-corrected chi connectivity index (χ0v) is 24.8. The fraction of sp³-hybridized carbons (Fsp3) is 0.345. The molecule has 3 N–H and O–H groups in total. The van der Waals surface area contributed by atoms with Gasteiger partial charge in [-0.3, -0.25) is 14.7 Å². The van der Waals surface area contributed by atoms with Crippen LogP contribution in [-0.4, -0.2) is 72.3 Å². The van der Waals surface area contributed by atoms with Crippen molar-refractivity contribution in [2.75, 3.05) is 13.6 Å². The summed E-state index contributed by atoms with van der Waals surface area (Å²) in [6.07, 6.45) is 2.56. The van der Waals surface area contributed by atoms with Crippen LogP contribution in [-0.2, 0) is 4.74 Å². The number of ether oxygens (including phenoxy) is 1. The maximum absolute atomic E-state index is 14.1. The minimum atomic E-state index is -2.93. The minimum Gasteiger partial charge on any atom is -0.446 e. The van der Waals surface area contributed by atoms with Gasteiger partial charge in [0.05, 0.1) is 29.0 Å². The fourth-order valence-corrected chi connectivity index (χ4v) is 4.92. The number of aliphatic imine (C=N–C) groups is 1. The topological polar surface area (TPSA) is 158 Å². The molecule has 0 radical (unpaired) electrons. The van der Waals surface area contributed by atoms with Gasteiger partial charge >= 0.3 is 6.09 Å². The normalized spacial score (nSPS) is 15.6. The lowest BCUT2D eigenvalue weighted by Crippen LogP contribution is -2.48. The van der Waals surface area contributed by atoms with Gasteiger partial charge in [-0.2, -0.15) is 20.1 Å². The highest BCUT2D eigenvalue weighted by atomic mass is 35.5. The van der Waals surface area contributed by atoms with E-state index in [4.69, 9.17) is 22.1 Å². The maximum atomic E-state index is 14.1. The first-order valence-corrected chi connectivity index (χ1v) is 14.6. The van der Waals surface area contributed by atoms with E-state index >= 15 is 0 Å². The number of amides is 2. The summed E-state index contributed by atoms with van der Waals surface area (Å²) in [4.78, 5) is 37.3. The van der Waals surface area contributed by atoms with E-state index < -0.39 is 30.3 Å². The Balaban J connectivity index is 1.34. The predicted octanol–water partition coefficient (Wildman–Crippen LogP) is 4.47. The van der Waals surface area contributed by atoms with Gasteiger partial charge in [-0.15, -0.1) is 0 Å². The third kappa shape index (κ3) is 6.62. The van der Waals surface area contributed by atoms with Gasteiger partial charge < -0.3 is 15.8 Å². The number of alkyl halides is 2. The van der Waals surface area contributed by atoms with Crippen LogP contribution in [0.4, 0.5) is 13.6 Å². The van der Waals surface area contributed by atoms with Crippen molar-refractivity contribution in [1.29, 1.82) is 0 Å². The minimum absolute atomic E-state index is 0.0931. The summed E-state index contributed by atoms with van der Waals surface area (Å²) in [5.41, 5.74) is 8.52. The highest BCUT2D eigenvalue weighted by molar-refractivity contribution is 6.32. The third-order valence-electron chi connectivity index (χ3n) is 7.41. The van der Waals surface area contributed by atoms with E-state index in [1.165, 1.54) is 24.1 Å². The number of nitrogens with two attached hydrogens (primary N) is 1. The van der Waals surface area contributed by atoms with Crippen molar-refractivity contribution >= 4 is 29.6 Å². The zero-order chi connectivity index (χ0) is 31.7. The molecule has 6 rings (SSSR count). The quantitative estimate of drug-likeness (QED) is 0.190. The molecule has 2 heterocycles. The number of nitrogens with zero attached hydrogens (tertiary/aromatic N) is 8. The Morgan fingerprint density at radius 1 is 1.16 bits per heavy atom. The van der Waals surface area contributed by atoms with E-state index in [1.54, 1.807) is 41.3 Å². The van der Waals surface area contributed by atoms with Crippen molar-refractivity contribution in [1.82, 2.24) is 40.0 Å². The van der Waals surface area contributed by atoms with E-state index in [2.05, 4.69) is 30.6 Å². The molecule has 2 aromatic carbocycles. The van der Waals surface area contributed by atoms with Gasteiger partial charge in [0.1, 0.15) is 18.1 Å². The smallest absolute Gasteiger partial charge is 0.407 e. The molecule has 4 aromatic rings. The summed E-state index contributed by atoms with van der Waals surface area (Å²) in [5, 5.41) is 15.6. The van der Waals surface area contributed by atoms with Crippen LogP contribution in [0, 0.1) is 0 Å². The standard InChI is InChI=1S/C29H29ClF2N10O3/c1-34-28(33)40(27(43)17-4-2-16(3-5-17)22-13-37-42(39-22)19-7-8-19)24(14-35-29(44)45-20-9-10-20)18-6-11-21(30)23(12-18)41-26(25(31)32)36-15-38-41/h2-6,11-13,15,19-20,24-25H,7-10,14H2,1H3,(H2,33,34)(H,35,44)/t24-/m1/s1. The van der Waals surface area contributed by atoms with Gasteiger partial charge in [0, 0.05) is 24.7 Å². The lowest BCUT2D eigenvalue weighted by atomic mass is 10.0. The van der Waals surface area contributed by atoms with Gasteiger partial charge in [-0.05, 0) is 55.5 Å². The third-order valence-corrected chi connectivity index (χ3v) is 7.73. The molecule has 1 atom stereocenters. The summed E-state index contributed by atoms with van der Waals surface area (Å²) in [6, 6.07) is 10.7. The molecule has 2 amide bonds. The van der Waals surface area contributed by atoms with Gasteiger partial charge in [0.15, 0.2) is 11.8 Å². The average molecular weight is 639 g/mol. The molecular formula is C29H29ClF2N10O3. The molecule has 234 valence electrons. The van der Waals surface area contributed by atoms with Crippen LogP contribution in [0.2, 0.25) is 5.02 Å². The number of rotatable bonds is 10. The Labute approximate surface area is 261 Å². The number of carbonyl (C=O) groups is 2. The number of benzene rings is 2. The Bertz CT molecular complexity index is 1730. The summed E-state index contributed by atoms with van der Waals surface area (Å²) < 4.78 is 33.6. The number of carbonyl (C=O) groups excluding carboxylic acids is 2. The van der Waals surface area contributed by atoms with E-state index in [0.29, 0.717) is 17.3 Å². The molecule has 2 aliphatic carbocycles. The molecule has 0 spiro atoms. The first-order valence-electron chi connectivity index (χ1n) is 14.2. The number of halogens is 3. The molecule has 0 saturated heterocycles.